The van der Waals surface area contributed by atoms with Crippen LogP contribution in [0.4, 0.5) is 23.7 Å². The van der Waals surface area contributed by atoms with Crippen LogP contribution in [0.5, 0.6) is 0 Å². The minimum atomic E-state index is -4.32. The maximum atomic E-state index is 12.2. The number of urea groups is 1. The Balaban J connectivity index is 1.77. The van der Waals surface area contributed by atoms with Crippen molar-refractivity contribution in [3.63, 3.8) is 0 Å². The monoisotopic (exact) mass is 330 g/mol. The molecule has 4 nitrogen and oxygen atoms in total. The van der Waals surface area contributed by atoms with Crippen molar-refractivity contribution in [2.24, 2.45) is 0 Å². The van der Waals surface area contributed by atoms with E-state index in [-0.39, 0.29) is 12.1 Å². The first kappa shape index (κ1) is 17.6. The highest BCUT2D eigenvalue weighted by atomic mass is 19.4. The number of benzene rings is 1. The zero-order chi connectivity index (χ0) is 16.9. The molecule has 0 radical (unpaired) electrons. The summed E-state index contributed by atoms with van der Waals surface area (Å²) in [5, 5.41) is 5.51. The van der Waals surface area contributed by atoms with Crippen molar-refractivity contribution in [1.82, 2.24) is 5.32 Å². The lowest BCUT2D eigenvalue weighted by molar-refractivity contribution is -0.188. The predicted molar refractivity (Wildman–Crippen MR) is 81.4 cm³/mol. The number of carbonyl (C=O) groups is 1. The van der Waals surface area contributed by atoms with E-state index in [4.69, 9.17) is 4.74 Å². The number of hydrogen-bond acceptors (Lipinski definition) is 2. The summed E-state index contributed by atoms with van der Waals surface area (Å²) in [5.74, 6) is 0. The average molecular weight is 330 g/mol. The summed E-state index contributed by atoms with van der Waals surface area (Å²) in [4.78, 5) is 11.9. The largest absolute Gasteiger partial charge is 0.411 e. The van der Waals surface area contributed by atoms with E-state index >= 15 is 0 Å². The third-order valence-electron chi connectivity index (χ3n) is 3.75. The molecule has 0 aromatic heterocycles. The Bertz CT molecular complexity index is 517. The Morgan fingerprint density at radius 2 is 1.96 bits per heavy atom. The Hall–Kier alpha value is -1.76. The van der Waals surface area contributed by atoms with Gasteiger partial charge in [0.05, 0.1) is 6.10 Å². The van der Waals surface area contributed by atoms with Crippen LogP contribution in [0.15, 0.2) is 24.3 Å². The number of halogens is 3. The molecule has 1 fully saturated rings. The first-order valence-electron chi connectivity index (χ1n) is 7.64. The normalized spacial score (nSPS) is 21.7. The number of ether oxygens (including phenoxy) is 1. The fraction of sp³-hybridized carbons (Fsp3) is 0.562. The summed E-state index contributed by atoms with van der Waals surface area (Å²) in [6, 6.07) is 6.84. The number of alkyl halides is 3. The molecule has 2 N–H and O–H groups in total. The number of hydrogen-bond donors (Lipinski definition) is 2. The van der Waals surface area contributed by atoms with E-state index in [1.54, 1.807) is 12.1 Å². The van der Waals surface area contributed by atoms with E-state index in [2.05, 4.69) is 10.6 Å². The first-order chi connectivity index (χ1) is 10.8. The molecular weight excluding hydrogens is 309 g/mol. The van der Waals surface area contributed by atoms with Crippen molar-refractivity contribution in [3.8, 4) is 0 Å². The van der Waals surface area contributed by atoms with Gasteiger partial charge < -0.3 is 15.4 Å². The number of anilines is 1. The van der Waals surface area contributed by atoms with Crippen LogP contribution in [-0.2, 0) is 4.74 Å². The number of amides is 2. The maximum Gasteiger partial charge on any atom is 0.411 e. The van der Waals surface area contributed by atoms with Gasteiger partial charge in [-0.3, -0.25) is 0 Å². The van der Waals surface area contributed by atoms with Crippen LogP contribution in [0.1, 0.15) is 31.2 Å². The molecule has 1 aromatic carbocycles. The molecule has 0 aliphatic heterocycles. The van der Waals surface area contributed by atoms with Gasteiger partial charge in [0.2, 0.25) is 0 Å². The predicted octanol–water partition coefficient (Wildman–Crippen LogP) is 4.01. The average Bonchev–Trinajstić information content (AvgIpc) is 2.47. The van der Waals surface area contributed by atoms with Crippen molar-refractivity contribution in [2.45, 2.75) is 50.9 Å². The second-order valence-electron chi connectivity index (χ2n) is 5.88. The molecule has 2 amide bonds. The summed E-state index contributed by atoms with van der Waals surface area (Å²) in [7, 11) is 0. The highest BCUT2D eigenvalue weighted by Gasteiger charge is 2.31. The highest BCUT2D eigenvalue weighted by molar-refractivity contribution is 5.89. The summed E-state index contributed by atoms with van der Waals surface area (Å²) in [6.07, 6.45) is -2.31. The van der Waals surface area contributed by atoms with E-state index < -0.39 is 18.9 Å². The van der Waals surface area contributed by atoms with Crippen molar-refractivity contribution in [1.29, 1.82) is 0 Å². The van der Waals surface area contributed by atoms with Gasteiger partial charge in [0.25, 0.3) is 0 Å². The molecule has 1 aliphatic carbocycles. The van der Waals surface area contributed by atoms with E-state index in [0.717, 1.165) is 18.4 Å². The highest BCUT2D eigenvalue weighted by Crippen LogP contribution is 2.24. The van der Waals surface area contributed by atoms with Gasteiger partial charge in [-0.1, -0.05) is 17.7 Å². The Labute approximate surface area is 133 Å². The molecule has 0 saturated heterocycles. The molecular formula is C16H21F3N2O2. The SMILES string of the molecule is Cc1ccc(NC(=O)NC2CCCC(OCC(F)(F)F)C2)cc1. The van der Waals surface area contributed by atoms with Crippen molar-refractivity contribution < 1.29 is 22.7 Å². The van der Waals surface area contributed by atoms with Crippen molar-refractivity contribution >= 4 is 11.7 Å². The van der Waals surface area contributed by atoms with Gasteiger partial charge in [0.1, 0.15) is 6.61 Å². The topological polar surface area (TPSA) is 50.4 Å². The summed E-state index contributed by atoms with van der Waals surface area (Å²) >= 11 is 0. The molecule has 1 aliphatic rings. The van der Waals surface area contributed by atoms with Crippen LogP contribution in [0.25, 0.3) is 0 Å². The number of rotatable bonds is 4. The molecule has 128 valence electrons. The van der Waals surface area contributed by atoms with Gasteiger partial charge >= 0.3 is 12.2 Å². The molecule has 0 heterocycles. The van der Waals surface area contributed by atoms with Gasteiger partial charge in [-0.05, 0) is 44.7 Å². The van der Waals surface area contributed by atoms with Crippen LogP contribution in [0.2, 0.25) is 0 Å². The number of nitrogens with one attached hydrogen (secondary N) is 2. The smallest absolute Gasteiger partial charge is 0.369 e. The Morgan fingerprint density at radius 1 is 1.26 bits per heavy atom. The van der Waals surface area contributed by atoms with Gasteiger partial charge in [-0.2, -0.15) is 13.2 Å². The van der Waals surface area contributed by atoms with E-state index in [0.29, 0.717) is 18.5 Å². The second-order valence-corrected chi connectivity index (χ2v) is 5.88. The Morgan fingerprint density at radius 3 is 2.61 bits per heavy atom. The fourth-order valence-corrected chi connectivity index (χ4v) is 2.63. The van der Waals surface area contributed by atoms with Crippen molar-refractivity contribution in [3.05, 3.63) is 29.8 Å². The zero-order valence-electron chi connectivity index (χ0n) is 13.0. The van der Waals surface area contributed by atoms with Crippen molar-refractivity contribution in [2.75, 3.05) is 11.9 Å². The summed E-state index contributed by atoms with van der Waals surface area (Å²) in [6.45, 7) is 0.715. The summed E-state index contributed by atoms with van der Waals surface area (Å²) < 4.78 is 41.4. The molecule has 23 heavy (non-hydrogen) atoms. The van der Waals surface area contributed by atoms with E-state index in [9.17, 15) is 18.0 Å². The quantitative estimate of drug-likeness (QED) is 0.876. The molecule has 2 unspecified atom stereocenters. The molecule has 0 spiro atoms. The lowest BCUT2D eigenvalue weighted by atomic mass is 9.93. The number of aryl methyl sites for hydroxylation is 1. The minimum Gasteiger partial charge on any atom is -0.369 e. The third-order valence-corrected chi connectivity index (χ3v) is 3.75. The van der Waals surface area contributed by atoms with Crippen LogP contribution in [0.3, 0.4) is 0 Å². The van der Waals surface area contributed by atoms with Crippen LogP contribution >= 0.6 is 0 Å². The Kier molecular flexibility index (Phi) is 5.87. The lowest BCUT2D eigenvalue weighted by Crippen LogP contribution is -2.43. The molecule has 7 heteroatoms. The van der Waals surface area contributed by atoms with E-state index in [1.165, 1.54) is 0 Å². The first-order valence-corrected chi connectivity index (χ1v) is 7.64. The standard InChI is InChI=1S/C16H21F3N2O2/c1-11-5-7-12(8-6-11)20-15(22)21-13-3-2-4-14(9-13)23-10-16(17,18)19/h5-8,13-14H,2-4,9-10H2,1H3,(H2,20,21,22). The second kappa shape index (κ2) is 7.68. The minimum absolute atomic E-state index is 0.174. The third kappa shape index (κ3) is 6.48. The number of carbonyl (C=O) groups excluding carboxylic acids is 1. The van der Waals surface area contributed by atoms with Gasteiger partial charge in [0, 0.05) is 11.7 Å². The molecule has 2 rings (SSSR count). The van der Waals surface area contributed by atoms with Gasteiger partial charge in [0.15, 0.2) is 0 Å². The lowest BCUT2D eigenvalue weighted by Gasteiger charge is -2.30. The van der Waals surface area contributed by atoms with Gasteiger partial charge in [-0.15, -0.1) is 0 Å². The van der Waals surface area contributed by atoms with Crippen LogP contribution in [-0.4, -0.2) is 31.0 Å². The van der Waals surface area contributed by atoms with Crippen LogP contribution < -0.4 is 10.6 Å². The van der Waals surface area contributed by atoms with Crippen LogP contribution in [0, 0.1) is 6.92 Å². The zero-order valence-corrected chi connectivity index (χ0v) is 13.0. The molecule has 1 saturated carbocycles. The van der Waals surface area contributed by atoms with Gasteiger partial charge in [-0.25, -0.2) is 4.79 Å². The molecule has 0 bridgehead atoms. The fourth-order valence-electron chi connectivity index (χ4n) is 2.63. The maximum absolute atomic E-state index is 12.2. The van der Waals surface area contributed by atoms with E-state index in [1.807, 2.05) is 19.1 Å². The molecule has 2 atom stereocenters. The molecule has 1 aromatic rings. The summed E-state index contributed by atoms with van der Waals surface area (Å²) in [5.41, 5.74) is 1.77.